The van der Waals surface area contributed by atoms with E-state index in [1.165, 1.54) is 18.2 Å². The van der Waals surface area contributed by atoms with Crippen molar-refractivity contribution in [3.05, 3.63) is 38.9 Å². The molecule has 0 saturated heterocycles. The fourth-order valence-corrected chi connectivity index (χ4v) is 1.87. The molecule has 1 aromatic rings. The molecule has 5 nitrogen and oxygen atoms in total. The average Bonchev–Trinajstić information content (AvgIpc) is 2.35. The molecule has 0 aromatic heterocycles. The van der Waals surface area contributed by atoms with Gasteiger partial charge in [-0.3, -0.25) is 14.9 Å². The van der Waals surface area contributed by atoms with Crippen molar-refractivity contribution in [2.24, 2.45) is 5.92 Å². The van der Waals surface area contributed by atoms with Crippen molar-refractivity contribution in [2.75, 3.05) is 7.05 Å². The van der Waals surface area contributed by atoms with Crippen LogP contribution in [0.1, 0.15) is 31.1 Å². The van der Waals surface area contributed by atoms with E-state index in [9.17, 15) is 14.9 Å². The molecule has 0 heterocycles. The van der Waals surface area contributed by atoms with E-state index >= 15 is 0 Å². The molecule has 0 aliphatic heterocycles. The molecule has 1 atom stereocenters. The van der Waals surface area contributed by atoms with Crippen LogP contribution in [0.3, 0.4) is 0 Å². The fraction of sp³-hybridized carbons (Fsp3) is 0.462. The van der Waals surface area contributed by atoms with Crippen molar-refractivity contribution in [3.63, 3.8) is 0 Å². The molecule has 1 unspecified atom stereocenters. The summed E-state index contributed by atoms with van der Waals surface area (Å²) in [5.74, 6) is 0.125. The Kier molecular flexibility index (Phi) is 4.89. The normalized spacial score (nSPS) is 12.3. The van der Waals surface area contributed by atoms with Gasteiger partial charge in [0, 0.05) is 24.7 Å². The lowest BCUT2D eigenvalue weighted by atomic mass is 10.0. The number of hydrogen-bond donors (Lipinski definition) is 0. The molecular formula is C13H17ClN2O3. The molecule has 104 valence electrons. The highest BCUT2D eigenvalue weighted by molar-refractivity contribution is 6.33. The Balaban J connectivity index is 3.01. The number of benzene rings is 1. The first-order chi connectivity index (χ1) is 8.75. The van der Waals surface area contributed by atoms with E-state index in [4.69, 9.17) is 11.6 Å². The van der Waals surface area contributed by atoms with Crippen LogP contribution in [0.5, 0.6) is 0 Å². The third-order valence-corrected chi connectivity index (χ3v) is 3.59. The number of hydrogen-bond acceptors (Lipinski definition) is 3. The molecule has 0 fully saturated rings. The minimum absolute atomic E-state index is 0.0264. The molecule has 0 bridgehead atoms. The summed E-state index contributed by atoms with van der Waals surface area (Å²) in [6, 6.07) is 4.09. The van der Waals surface area contributed by atoms with E-state index in [0.29, 0.717) is 11.5 Å². The molecule has 0 aliphatic rings. The minimum atomic E-state index is -0.572. The van der Waals surface area contributed by atoms with Gasteiger partial charge < -0.3 is 4.90 Å². The number of nitrogens with zero attached hydrogens (tertiary/aromatic N) is 2. The molecule has 19 heavy (non-hydrogen) atoms. The molecule has 6 heteroatoms. The van der Waals surface area contributed by atoms with E-state index in [0.717, 1.165) is 0 Å². The maximum absolute atomic E-state index is 12.2. The van der Waals surface area contributed by atoms with Crippen LogP contribution in [0, 0.1) is 16.0 Å². The van der Waals surface area contributed by atoms with Crippen LogP contribution in [-0.2, 0) is 0 Å². The van der Waals surface area contributed by atoms with Crippen molar-refractivity contribution >= 4 is 23.2 Å². The second-order valence-electron chi connectivity index (χ2n) is 4.82. The summed E-state index contributed by atoms with van der Waals surface area (Å²) >= 11 is 5.80. The van der Waals surface area contributed by atoms with Gasteiger partial charge in [-0.25, -0.2) is 0 Å². The van der Waals surface area contributed by atoms with Crippen LogP contribution in [0.4, 0.5) is 5.69 Å². The van der Waals surface area contributed by atoms with Gasteiger partial charge in [-0.05, 0) is 25.0 Å². The quantitative estimate of drug-likeness (QED) is 0.629. The predicted molar refractivity (Wildman–Crippen MR) is 74.5 cm³/mol. The van der Waals surface area contributed by atoms with Crippen LogP contribution in [0.25, 0.3) is 0 Å². The summed E-state index contributed by atoms with van der Waals surface area (Å²) in [7, 11) is 1.71. The zero-order valence-corrected chi connectivity index (χ0v) is 12.1. The minimum Gasteiger partial charge on any atom is -0.339 e. The Bertz CT molecular complexity index is 503. The maximum atomic E-state index is 12.2. The summed E-state index contributed by atoms with van der Waals surface area (Å²) in [6.07, 6.45) is 0. The largest absolute Gasteiger partial charge is 0.339 e. The van der Waals surface area contributed by atoms with Crippen molar-refractivity contribution in [3.8, 4) is 0 Å². The lowest BCUT2D eigenvalue weighted by molar-refractivity contribution is -0.384. The van der Waals surface area contributed by atoms with Crippen LogP contribution in [0.15, 0.2) is 18.2 Å². The van der Waals surface area contributed by atoms with E-state index < -0.39 is 4.92 Å². The highest BCUT2D eigenvalue weighted by atomic mass is 35.5. The third kappa shape index (κ3) is 3.44. The highest BCUT2D eigenvalue weighted by Crippen LogP contribution is 2.26. The number of halogens is 1. The SMILES string of the molecule is CC(C)C(C)N(C)C(=O)c1ccc([N+](=O)[O-])c(Cl)c1. The molecular weight excluding hydrogens is 268 g/mol. The number of nitro groups is 1. The van der Waals surface area contributed by atoms with Gasteiger partial charge in [-0.15, -0.1) is 0 Å². The van der Waals surface area contributed by atoms with Gasteiger partial charge >= 0.3 is 0 Å². The summed E-state index contributed by atoms with van der Waals surface area (Å²) < 4.78 is 0. The fourth-order valence-electron chi connectivity index (χ4n) is 1.62. The lowest BCUT2D eigenvalue weighted by Crippen LogP contribution is -2.38. The van der Waals surface area contributed by atoms with Crippen LogP contribution >= 0.6 is 11.6 Å². The van der Waals surface area contributed by atoms with Crippen LogP contribution < -0.4 is 0 Å². The Morgan fingerprint density at radius 1 is 1.37 bits per heavy atom. The number of carbonyl (C=O) groups excluding carboxylic acids is 1. The molecule has 1 rings (SSSR count). The number of nitro benzene ring substituents is 1. The first-order valence-corrected chi connectivity index (χ1v) is 6.34. The third-order valence-electron chi connectivity index (χ3n) is 3.29. The summed E-state index contributed by atoms with van der Waals surface area (Å²) in [6.45, 7) is 6.00. The van der Waals surface area contributed by atoms with Gasteiger partial charge in [-0.2, -0.15) is 0 Å². The molecule has 0 saturated carbocycles. The van der Waals surface area contributed by atoms with Crippen molar-refractivity contribution in [1.29, 1.82) is 0 Å². The monoisotopic (exact) mass is 284 g/mol. The van der Waals surface area contributed by atoms with Crippen molar-refractivity contribution in [2.45, 2.75) is 26.8 Å². The standard InChI is InChI=1S/C13H17ClN2O3/c1-8(2)9(3)15(4)13(17)10-5-6-12(16(18)19)11(14)7-10/h5-9H,1-4H3. The zero-order valence-electron chi connectivity index (χ0n) is 11.4. The smallest absolute Gasteiger partial charge is 0.287 e. The van der Waals surface area contributed by atoms with E-state index in [1.54, 1.807) is 11.9 Å². The van der Waals surface area contributed by atoms with E-state index in [2.05, 4.69) is 0 Å². The zero-order chi connectivity index (χ0) is 14.7. The summed E-state index contributed by atoms with van der Waals surface area (Å²) in [4.78, 5) is 23.9. The average molecular weight is 285 g/mol. The van der Waals surface area contributed by atoms with Gasteiger partial charge in [0.25, 0.3) is 11.6 Å². The Morgan fingerprint density at radius 3 is 2.37 bits per heavy atom. The maximum Gasteiger partial charge on any atom is 0.287 e. The number of rotatable bonds is 4. The first-order valence-electron chi connectivity index (χ1n) is 5.96. The first kappa shape index (κ1) is 15.4. The van der Waals surface area contributed by atoms with E-state index in [1.807, 2.05) is 20.8 Å². The van der Waals surface area contributed by atoms with Gasteiger partial charge in [-0.1, -0.05) is 25.4 Å². The summed E-state index contributed by atoms with van der Waals surface area (Å²) in [5.41, 5.74) is 0.156. The number of carbonyl (C=O) groups is 1. The predicted octanol–water partition coefficient (Wildman–Crippen LogP) is 3.36. The van der Waals surface area contributed by atoms with Gasteiger partial charge in [0.05, 0.1) is 4.92 Å². The topological polar surface area (TPSA) is 63.5 Å². The Hall–Kier alpha value is -1.62. The Labute approximate surface area is 117 Å². The second-order valence-corrected chi connectivity index (χ2v) is 5.23. The molecule has 0 spiro atoms. The summed E-state index contributed by atoms with van der Waals surface area (Å²) in [5, 5.41) is 10.6. The molecule has 1 amide bonds. The van der Waals surface area contributed by atoms with Crippen LogP contribution in [-0.4, -0.2) is 28.8 Å². The van der Waals surface area contributed by atoms with Gasteiger partial charge in [0.15, 0.2) is 0 Å². The van der Waals surface area contributed by atoms with Crippen LogP contribution in [0.2, 0.25) is 5.02 Å². The molecule has 0 N–H and O–H groups in total. The number of amides is 1. The van der Waals surface area contributed by atoms with Gasteiger partial charge in [0.2, 0.25) is 0 Å². The molecule has 0 radical (unpaired) electrons. The van der Waals surface area contributed by atoms with E-state index in [-0.39, 0.29) is 22.7 Å². The molecule has 0 aliphatic carbocycles. The second kappa shape index (κ2) is 6.02. The highest BCUT2D eigenvalue weighted by Gasteiger charge is 2.22. The lowest BCUT2D eigenvalue weighted by Gasteiger charge is -2.28. The molecule has 1 aromatic carbocycles. The van der Waals surface area contributed by atoms with Gasteiger partial charge in [0.1, 0.15) is 5.02 Å². The Morgan fingerprint density at radius 2 is 1.95 bits per heavy atom. The van der Waals surface area contributed by atoms with Crippen molar-refractivity contribution < 1.29 is 9.72 Å². The van der Waals surface area contributed by atoms with Crippen molar-refractivity contribution in [1.82, 2.24) is 4.90 Å².